The molecule has 0 spiro atoms. The van der Waals surface area contributed by atoms with E-state index in [1.54, 1.807) is 18.7 Å². The Balaban J connectivity index is 1.35. The molecule has 3 aliphatic rings. The summed E-state index contributed by atoms with van der Waals surface area (Å²) in [5, 5.41) is 2.23. The minimum Gasteiger partial charge on any atom is -0.484 e. The highest BCUT2D eigenvalue weighted by Gasteiger charge is 2.47. The summed E-state index contributed by atoms with van der Waals surface area (Å²) in [7, 11) is 0. The number of oxazole rings is 1. The van der Waals surface area contributed by atoms with Crippen LogP contribution in [0.15, 0.2) is 16.5 Å². The van der Waals surface area contributed by atoms with E-state index < -0.39 is 52.9 Å². The van der Waals surface area contributed by atoms with Gasteiger partial charge in [0.1, 0.15) is 12.2 Å². The van der Waals surface area contributed by atoms with Crippen LogP contribution in [0.5, 0.6) is 5.75 Å². The van der Waals surface area contributed by atoms with Gasteiger partial charge in [0.2, 0.25) is 0 Å². The smallest absolute Gasteiger partial charge is 0.396 e. The van der Waals surface area contributed by atoms with E-state index in [1.807, 2.05) is 0 Å². The number of anilines is 2. The van der Waals surface area contributed by atoms with Gasteiger partial charge < -0.3 is 24.1 Å². The molecule has 196 valence electrons. The Morgan fingerprint density at radius 2 is 1.86 bits per heavy atom. The molecule has 1 unspecified atom stereocenters. The molecule has 3 atom stereocenters. The Labute approximate surface area is 203 Å². The van der Waals surface area contributed by atoms with Gasteiger partial charge in [-0.3, -0.25) is 4.79 Å². The Hall–Kier alpha value is -2.89. The average molecular weight is 515 g/mol. The van der Waals surface area contributed by atoms with Gasteiger partial charge in [0.15, 0.2) is 23.1 Å². The SMILES string of the molecule is CC1(C)CN(c2nc(C(=O)Nc3cc(F)c(O[C@@H]4CC5C[C@@H]5C4)c(F)c3)c(CC(F)(F)F)o2)CCO1. The number of fused-ring (bicyclic) bond motifs is 1. The zero-order valence-electron chi connectivity index (χ0n) is 19.8. The third-order valence-electron chi connectivity index (χ3n) is 6.70. The van der Waals surface area contributed by atoms with Gasteiger partial charge >= 0.3 is 6.18 Å². The van der Waals surface area contributed by atoms with Gasteiger partial charge in [-0.25, -0.2) is 8.78 Å². The van der Waals surface area contributed by atoms with Gasteiger partial charge in [0.05, 0.1) is 24.9 Å². The maximum Gasteiger partial charge on any atom is 0.396 e. The number of hydrogen-bond acceptors (Lipinski definition) is 6. The Kier molecular flexibility index (Phi) is 6.12. The monoisotopic (exact) mass is 515 g/mol. The molecule has 1 aromatic heterocycles. The largest absolute Gasteiger partial charge is 0.484 e. The lowest BCUT2D eigenvalue weighted by atomic mass is 10.1. The van der Waals surface area contributed by atoms with Gasteiger partial charge in [-0.2, -0.15) is 18.2 Å². The van der Waals surface area contributed by atoms with E-state index in [1.165, 1.54) is 0 Å². The standard InChI is InChI=1S/C24H26F5N3O4/c1-23(2)11-32(3-4-34-23)22-31-19(18(36-22)10-24(27,28)29)21(33)30-14-8-16(25)20(17(26)9-14)35-15-6-12-5-13(12)7-15/h8-9,12-13,15H,3-7,10-11H2,1-2H3,(H,30,33)/t12-,13?,15+/m1/s1. The van der Waals surface area contributed by atoms with E-state index in [4.69, 9.17) is 13.9 Å². The van der Waals surface area contributed by atoms with Gasteiger partial charge in [-0.05, 0) is 44.9 Å². The number of nitrogens with one attached hydrogen (secondary N) is 1. The van der Waals surface area contributed by atoms with Crippen molar-refractivity contribution in [3.63, 3.8) is 0 Å². The first-order valence-electron chi connectivity index (χ1n) is 11.8. The van der Waals surface area contributed by atoms with Crippen LogP contribution in [0, 0.1) is 23.5 Å². The van der Waals surface area contributed by atoms with Crippen molar-refractivity contribution in [1.82, 2.24) is 4.98 Å². The number of benzene rings is 1. The molecule has 12 heteroatoms. The number of alkyl halides is 3. The molecular weight excluding hydrogens is 489 g/mol. The lowest BCUT2D eigenvalue weighted by Crippen LogP contribution is -2.48. The van der Waals surface area contributed by atoms with Crippen molar-refractivity contribution < 1.29 is 40.6 Å². The molecule has 2 aliphatic carbocycles. The van der Waals surface area contributed by atoms with Crippen LogP contribution in [0.1, 0.15) is 49.4 Å². The Morgan fingerprint density at radius 1 is 1.19 bits per heavy atom. The molecule has 7 nitrogen and oxygen atoms in total. The predicted octanol–water partition coefficient (Wildman–Crippen LogP) is 5.10. The number of carbonyl (C=O) groups excluding carboxylic acids is 1. The zero-order chi connectivity index (χ0) is 25.8. The highest BCUT2D eigenvalue weighted by atomic mass is 19.4. The first kappa shape index (κ1) is 24.8. The third kappa shape index (κ3) is 5.42. The predicted molar refractivity (Wildman–Crippen MR) is 118 cm³/mol. The molecule has 1 N–H and O–H groups in total. The normalized spacial score (nSPS) is 25.0. The van der Waals surface area contributed by atoms with Gasteiger partial charge in [-0.1, -0.05) is 0 Å². The van der Waals surface area contributed by atoms with E-state index in [0.29, 0.717) is 25.0 Å². The topological polar surface area (TPSA) is 76.8 Å². The summed E-state index contributed by atoms with van der Waals surface area (Å²) < 4.78 is 85.2. The molecule has 5 rings (SSSR count). The number of carbonyl (C=O) groups is 1. The lowest BCUT2D eigenvalue weighted by Gasteiger charge is -2.37. The molecule has 0 radical (unpaired) electrons. The molecule has 1 saturated heterocycles. The number of ether oxygens (including phenoxy) is 2. The number of aromatic nitrogens is 1. The quantitative estimate of drug-likeness (QED) is 0.540. The molecule has 1 aliphatic heterocycles. The molecule has 2 saturated carbocycles. The number of morpholine rings is 1. The molecule has 2 aromatic rings. The summed E-state index contributed by atoms with van der Waals surface area (Å²) in [4.78, 5) is 18.4. The first-order valence-corrected chi connectivity index (χ1v) is 11.8. The Morgan fingerprint density at radius 3 is 2.47 bits per heavy atom. The highest BCUT2D eigenvalue weighted by molar-refractivity contribution is 6.03. The number of amides is 1. The van der Waals surface area contributed by atoms with Crippen LogP contribution in [0.4, 0.5) is 33.7 Å². The van der Waals surface area contributed by atoms with Crippen molar-refractivity contribution in [3.8, 4) is 5.75 Å². The summed E-state index contributed by atoms with van der Waals surface area (Å²) >= 11 is 0. The number of rotatable bonds is 6. The van der Waals surface area contributed by atoms with Crippen LogP contribution in [0.3, 0.4) is 0 Å². The Bertz CT molecular complexity index is 1130. The summed E-state index contributed by atoms with van der Waals surface area (Å²) in [5.74, 6) is -3.23. The fraction of sp³-hybridized carbons (Fsp3) is 0.583. The zero-order valence-corrected chi connectivity index (χ0v) is 19.8. The fourth-order valence-corrected chi connectivity index (χ4v) is 4.99. The molecule has 36 heavy (non-hydrogen) atoms. The summed E-state index contributed by atoms with van der Waals surface area (Å²) in [5.41, 5.74) is -1.50. The molecule has 0 bridgehead atoms. The molecule has 2 heterocycles. The van der Waals surface area contributed by atoms with Crippen LogP contribution in [-0.2, 0) is 11.2 Å². The van der Waals surface area contributed by atoms with Crippen LogP contribution < -0.4 is 15.0 Å². The molecule has 3 fully saturated rings. The van der Waals surface area contributed by atoms with Crippen molar-refractivity contribution >= 4 is 17.6 Å². The van der Waals surface area contributed by atoms with Crippen LogP contribution in [-0.4, -0.2) is 48.5 Å². The second kappa shape index (κ2) is 8.89. The first-order chi connectivity index (χ1) is 16.9. The van der Waals surface area contributed by atoms with Crippen molar-refractivity contribution in [1.29, 1.82) is 0 Å². The van der Waals surface area contributed by atoms with Crippen molar-refractivity contribution in [2.75, 3.05) is 29.9 Å². The van der Waals surface area contributed by atoms with E-state index in [0.717, 1.165) is 31.4 Å². The molecule has 1 amide bonds. The minimum atomic E-state index is -4.67. The highest BCUT2D eigenvalue weighted by Crippen LogP contribution is 2.52. The second-order valence-corrected chi connectivity index (χ2v) is 10.3. The fourth-order valence-electron chi connectivity index (χ4n) is 4.99. The van der Waals surface area contributed by atoms with Crippen LogP contribution in [0.25, 0.3) is 0 Å². The number of nitrogens with zero attached hydrogens (tertiary/aromatic N) is 2. The van der Waals surface area contributed by atoms with Crippen molar-refractivity contribution in [2.24, 2.45) is 11.8 Å². The maximum atomic E-state index is 14.6. The second-order valence-electron chi connectivity index (χ2n) is 10.3. The van der Waals surface area contributed by atoms with Crippen LogP contribution >= 0.6 is 0 Å². The average Bonchev–Trinajstić information content (AvgIpc) is 3.16. The molecule has 1 aromatic carbocycles. The minimum absolute atomic E-state index is 0.161. The maximum absolute atomic E-state index is 14.6. The van der Waals surface area contributed by atoms with E-state index in [9.17, 15) is 26.7 Å². The molecular formula is C24H26F5N3O4. The van der Waals surface area contributed by atoms with Gasteiger partial charge in [0, 0.05) is 24.4 Å². The number of hydrogen-bond donors (Lipinski definition) is 1. The van der Waals surface area contributed by atoms with Crippen molar-refractivity contribution in [2.45, 2.75) is 57.4 Å². The lowest BCUT2D eigenvalue weighted by molar-refractivity contribution is -0.130. The summed E-state index contributed by atoms with van der Waals surface area (Å²) in [6.45, 7) is 4.48. The van der Waals surface area contributed by atoms with Crippen LogP contribution in [0.2, 0.25) is 0 Å². The van der Waals surface area contributed by atoms with Gasteiger partial charge in [0.25, 0.3) is 11.9 Å². The van der Waals surface area contributed by atoms with Crippen molar-refractivity contribution in [3.05, 3.63) is 35.2 Å². The summed E-state index contributed by atoms with van der Waals surface area (Å²) in [6, 6.07) is 1.56. The van der Waals surface area contributed by atoms with E-state index in [2.05, 4.69) is 10.3 Å². The summed E-state index contributed by atoms with van der Waals surface area (Å²) in [6.07, 6.45) is -3.85. The van der Waals surface area contributed by atoms with E-state index >= 15 is 0 Å². The van der Waals surface area contributed by atoms with Gasteiger partial charge in [-0.15, -0.1) is 0 Å². The van der Waals surface area contributed by atoms with E-state index in [-0.39, 0.29) is 24.4 Å². The third-order valence-corrected chi connectivity index (χ3v) is 6.70. The number of halogens is 5.